The van der Waals surface area contributed by atoms with E-state index >= 15 is 0 Å². The average Bonchev–Trinajstić information content (AvgIpc) is 2.73. The van der Waals surface area contributed by atoms with Crippen molar-refractivity contribution in [3.8, 4) is 0 Å². The van der Waals surface area contributed by atoms with Crippen LogP contribution in [-0.4, -0.2) is 48.7 Å². The summed E-state index contributed by atoms with van der Waals surface area (Å²) in [4.78, 5) is 14.2. The summed E-state index contributed by atoms with van der Waals surface area (Å²) in [6.45, 7) is 11.7. The molecule has 0 amide bonds. The van der Waals surface area contributed by atoms with Crippen LogP contribution in [0.1, 0.15) is 34.1 Å². The van der Waals surface area contributed by atoms with Crippen molar-refractivity contribution in [2.75, 3.05) is 26.2 Å². The Labute approximate surface area is 110 Å². The summed E-state index contributed by atoms with van der Waals surface area (Å²) >= 11 is 0. The number of hydrogen-bond donors (Lipinski definition) is 1. The number of ether oxygens (including phenoxy) is 1. The van der Waals surface area contributed by atoms with Crippen molar-refractivity contribution in [2.45, 2.75) is 45.8 Å². The molecular formula is C14H26N2O2. The van der Waals surface area contributed by atoms with E-state index in [1.165, 1.54) is 0 Å². The third-order valence-corrected chi connectivity index (χ3v) is 3.99. The fourth-order valence-corrected chi connectivity index (χ4v) is 3.39. The Hall–Kier alpha value is -0.610. The molecule has 0 aromatic heterocycles. The van der Waals surface area contributed by atoms with E-state index in [2.05, 4.69) is 17.1 Å². The molecule has 18 heavy (non-hydrogen) atoms. The van der Waals surface area contributed by atoms with Gasteiger partial charge >= 0.3 is 5.97 Å². The molecule has 0 aliphatic carbocycles. The second-order valence-corrected chi connectivity index (χ2v) is 6.57. The first-order chi connectivity index (χ1) is 8.40. The lowest BCUT2D eigenvalue weighted by molar-refractivity contribution is -0.156. The van der Waals surface area contributed by atoms with E-state index in [0.29, 0.717) is 12.6 Å². The molecule has 2 aliphatic heterocycles. The van der Waals surface area contributed by atoms with Gasteiger partial charge in [0.05, 0.1) is 6.54 Å². The molecule has 0 aromatic carbocycles. The molecule has 3 unspecified atom stereocenters. The lowest BCUT2D eigenvalue weighted by Gasteiger charge is -2.27. The molecule has 0 saturated carbocycles. The van der Waals surface area contributed by atoms with Crippen LogP contribution < -0.4 is 5.32 Å². The highest BCUT2D eigenvalue weighted by Crippen LogP contribution is 2.34. The summed E-state index contributed by atoms with van der Waals surface area (Å²) in [6.07, 6.45) is 1.12. The van der Waals surface area contributed by atoms with Gasteiger partial charge in [0.1, 0.15) is 5.60 Å². The van der Waals surface area contributed by atoms with E-state index in [-0.39, 0.29) is 11.6 Å². The van der Waals surface area contributed by atoms with Crippen molar-refractivity contribution in [3.05, 3.63) is 0 Å². The minimum atomic E-state index is -0.379. The Morgan fingerprint density at radius 3 is 2.72 bits per heavy atom. The predicted molar refractivity (Wildman–Crippen MR) is 71.3 cm³/mol. The maximum Gasteiger partial charge on any atom is 0.320 e. The average molecular weight is 254 g/mol. The van der Waals surface area contributed by atoms with Crippen molar-refractivity contribution in [3.63, 3.8) is 0 Å². The molecule has 1 N–H and O–H groups in total. The van der Waals surface area contributed by atoms with Gasteiger partial charge in [-0.2, -0.15) is 0 Å². The summed E-state index contributed by atoms with van der Waals surface area (Å²) < 4.78 is 5.42. The van der Waals surface area contributed by atoms with Gasteiger partial charge in [-0.25, -0.2) is 0 Å². The van der Waals surface area contributed by atoms with E-state index in [1.54, 1.807) is 0 Å². The van der Waals surface area contributed by atoms with E-state index in [0.717, 1.165) is 37.9 Å². The number of nitrogens with zero attached hydrogens (tertiary/aromatic N) is 1. The van der Waals surface area contributed by atoms with E-state index in [9.17, 15) is 4.79 Å². The molecule has 4 nitrogen and oxygen atoms in total. The highest BCUT2D eigenvalue weighted by molar-refractivity contribution is 5.72. The number of carbonyl (C=O) groups is 1. The maximum atomic E-state index is 11.9. The fourth-order valence-electron chi connectivity index (χ4n) is 3.39. The van der Waals surface area contributed by atoms with Crippen LogP contribution in [0.5, 0.6) is 0 Å². The predicted octanol–water partition coefficient (Wildman–Crippen LogP) is 1.26. The molecule has 4 heteroatoms. The summed E-state index contributed by atoms with van der Waals surface area (Å²) in [5.41, 5.74) is -0.379. The summed E-state index contributed by atoms with van der Waals surface area (Å²) in [7, 11) is 0. The lowest BCUT2D eigenvalue weighted by atomic mass is 9.93. The van der Waals surface area contributed by atoms with Crippen molar-refractivity contribution in [2.24, 2.45) is 11.8 Å². The highest BCUT2D eigenvalue weighted by Gasteiger charge is 2.43. The largest absolute Gasteiger partial charge is 0.459 e. The summed E-state index contributed by atoms with van der Waals surface area (Å²) in [5, 5.41) is 3.46. The number of esters is 1. The first kappa shape index (κ1) is 13.8. The second kappa shape index (κ2) is 5.17. The number of nitrogens with one attached hydrogen (secondary N) is 1. The van der Waals surface area contributed by atoms with Crippen LogP contribution >= 0.6 is 0 Å². The van der Waals surface area contributed by atoms with E-state index in [1.807, 2.05) is 20.8 Å². The fraction of sp³-hybridized carbons (Fsp3) is 0.929. The van der Waals surface area contributed by atoms with E-state index in [4.69, 9.17) is 4.74 Å². The number of hydrogen-bond acceptors (Lipinski definition) is 4. The van der Waals surface area contributed by atoms with Crippen molar-refractivity contribution < 1.29 is 9.53 Å². The minimum Gasteiger partial charge on any atom is -0.459 e. The SMILES string of the molecule is CCC1C2CNCC2CN1CC(=O)OC(C)(C)C. The molecule has 2 aliphatic rings. The van der Waals surface area contributed by atoms with Gasteiger partial charge < -0.3 is 10.1 Å². The Morgan fingerprint density at radius 1 is 1.39 bits per heavy atom. The van der Waals surface area contributed by atoms with Gasteiger partial charge in [-0.05, 0) is 52.1 Å². The van der Waals surface area contributed by atoms with Crippen LogP contribution in [-0.2, 0) is 9.53 Å². The van der Waals surface area contributed by atoms with Gasteiger partial charge in [0.25, 0.3) is 0 Å². The Balaban J connectivity index is 1.91. The van der Waals surface area contributed by atoms with Gasteiger partial charge in [-0.1, -0.05) is 6.92 Å². The van der Waals surface area contributed by atoms with E-state index < -0.39 is 0 Å². The van der Waals surface area contributed by atoms with Gasteiger partial charge in [-0.15, -0.1) is 0 Å². The molecular weight excluding hydrogens is 228 g/mol. The molecule has 2 fully saturated rings. The van der Waals surface area contributed by atoms with Crippen molar-refractivity contribution in [1.29, 1.82) is 0 Å². The molecule has 0 bridgehead atoms. The molecule has 2 heterocycles. The number of fused-ring (bicyclic) bond motifs is 1. The third-order valence-electron chi connectivity index (χ3n) is 3.99. The first-order valence-corrected chi connectivity index (χ1v) is 7.07. The topological polar surface area (TPSA) is 41.6 Å². The lowest BCUT2D eigenvalue weighted by Crippen LogP contribution is -2.40. The monoisotopic (exact) mass is 254 g/mol. The van der Waals surface area contributed by atoms with Crippen LogP contribution in [0.3, 0.4) is 0 Å². The summed E-state index contributed by atoms with van der Waals surface area (Å²) in [5.74, 6) is 1.35. The van der Waals surface area contributed by atoms with Crippen LogP contribution in [0.25, 0.3) is 0 Å². The molecule has 2 saturated heterocycles. The molecule has 0 radical (unpaired) electrons. The molecule has 0 aromatic rings. The van der Waals surface area contributed by atoms with Crippen molar-refractivity contribution in [1.82, 2.24) is 10.2 Å². The van der Waals surface area contributed by atoms with Crippen molar-refractivity contribution >= 4 is 5.97 Å². The minimum absolute atomic E-state index is 0.0890. The smallest absolute Gasteiger partial charge is 0.320 e. The standard InChI is InChI=1S/C14H26N2O2/c1-5-12-11-7-15-6-10(11)8-16(12)9-13(17)18-14(2,3)4/h10-12,15H,5-9H2,1-4H3. The Kier molecular flexibility index (Phi) is 3.97. The Bertz CT molecular complexity index is 311. The zero-order valence-corrected chi connectivity index (χ0v) is 12.0. The zero-order chi connectivity index (χ0) is 13.3. The van der Waals surface area contributed by atoms with Gasteiger partial charge in [0.2, 0.25) is 0 Å². The number of rotatable bonds is 3. The maximum absolute atomic E-state index is 11.9. The zero-order valence-electron chi connectivity index (χ0n) is 12.0. The third kappa shape index (κ3) is 3.04. The van der Waals surface area contributed by atoms with Crippen LogP contribution in [0.15, 0.2) is 0 Å². The number of carbonyl (C=O) groups excluding carboxylic acids is 1. The van der Waals surface area contributed by atoms with Gasteiger partial charge in [-0.3, -0.25) is 9.69 Å². The first-order valence-electron chi connectivity index (χ1n) is 7.07. The molecule has 2 rings (SSSR count). The second-order valence-electron chi connectivity index (χ2n) is 6.57. The van der Waals surface area contributed by atoms with Gasteiger partial charge in [0, 0.05) is 12.6 Å². The Morgan fingerprint density at radius 2 is 2.11 bits per heavy atom. The summed E-state index contributed by atoms with van der Waals surface area (Å²) in [6, 6.07) is 0.539. The molecule has 0 spiro atoms. The quantitative estimate of drug-likeness (QED) is 0.770. The molecule has 3 atom stereocenters. The number of likely N-dealkylation sites (tertiary alicyclic amines) is 1. The normalized spacial score (nSPS) is 32.6. The molecule has 104 valence electrons. The van der Waals surface area contributed by atoms with Gasteiger partial charge in [0.15, 0.2) is 0 Å². The van der Waals surface area contributed by atoms with Crippen LogP contribution in [0, 0.1) is 11.8 Å². The highest BCUT2D eigenvalue weighted by atomic mass is 16.6. The van der Waals surface area contributed by atoms with Crippen LogP contribution in [0.2, 0.25) is 0 Å². The van der Waals surface area contributed by atoms with Crippen LogP contribution in [0.4, 0.5) is 0 Å².